The first-order chi connectivity index (χ1) is 9.10. The maximum absolute atomic E-state index is 4.49. The van der Waals surface area contributed by atoms with E-state index in [-0.39, 0.29) is 24.0 Å². The molecule has 0 saturated carbocycles. The quantitative estimate of drug-likeness (QED) is 0.443. The first kappa shape index (κ1) is 19.6. The van der Waals surface area contributed by atoms with Crippen molar-refractivity contribution in [2.75, 3.05) is 20.6 Å². The van der Waals surface area contributed by atoms with E-state index in [4.69, 9.17) is 0 Å². The summed E-state index contributed by atoms with van der Waals surface area (Å²) in [7, 11) is 3.88. The second-order valence-electron chi connectivity index (χ2n) is 4.82. The number of hydrogen-bond donors (Lipinski definition) is 1. The maximum atomic E-state index is 4.49. The van der Waals surface area contributed by atoms with Crippen LogP contribution in [0, 0.1) is 12.8 Å². The van der Waals surface area contributed by atoms with Gasteiger partial charge >= 0.3 is 0 Å². The highest BCUT2D eigenvalue weighted by Crippen LogP contribution is 2.10. The molecular weight excluding hydrogens is 383 g/mol. The van der Waals surface area contributed by atoms with Gasteiger partial charge in [-0.3, -0.25) is 4.99 Å². The third kappa shape index (κ3) is 6.39. The van der Waals surface area contributed by atoms with Crippen molar-refractivity contribution in [2.45, 2.75) is 40.2 Å². The maximum Gasteiger partial charge on any atom is 0.193 e. The second kappa shape index (κ2) is 10.4. The summed E-state index contributed by atoms with van der Waals surface area (Å²) in [6, 6.07) is 0. The number of aromatic nitrogens is 1. The van der Waals surface area contributed by atoms with E-state index in [0.29, 0.717) is 5.92 Å². The fourth-order valence-corrected chi connectivity index (χ4v) is 2.60. The number of halogens is 1. The summed E-state index contributed by atoms with van der Waals surface area (Å²) >= 11 is 1.69. The third-order valence-corrected chi connectivity index (χ3v) is 4.16. The van der Waals surface area contributed by atoms with E-state index in [1.807, 2.05) is 14.0 Å². The van der Waals surface area contributed by atoms with Gasteiger partial charge in [-0.25, -0.2) is 4.98 Å². The van der Waals surface area contributed by atoms with E-state index in [9.17, 15) is 0 Å². The van der Waals surface area contributed by atoms with Gasteiger partial charge in [-0.1, -0.05) is 26.7 Å². The van der Waals surface area contributed by atoms with Gasteiger partial charge in [0.15, 0.2) is 5.96 Å². The molecule has 1 N–H and O–H groups in total. The highest BCUT2D eigenvalue weighted by Gasteiger charge is 2.10. The van der Waals surface area contributed by atoms with E-state index in [0.717, 1.165) is 29.8 Å². The Morgan fingerprint density at radius 1 is 1.45 bits per heavy atom. The minimum atomic E-state index is 0. The zero-order valence-corrected chi connectivity index (χ0v) is 16.3. The van der Waals surface area contributed by atoms with E-state index >= 15 is 0 Å². The molecule has 1 heterocycles. The van der Waals surface area contributed by atoms with Crippen molar-refractivity contribution in [3.05, 3.63) is 16.1 Å². The highest BCUT2D eigenvalue weighted by molar-refractivity contribution is 14.0. The summed E-state index contributed by atoms with van der Waals surface area (Å²) in [5.74, 6) is 1.66. The zero-order valence-electron chi connectivity index (χ0n) is 13.1. The van der Waals surface area contributed by atoms with Crippen LogP contribution in [-0.4, -0.2) is 36.5 Å². The molecular formula is C14H27IN4S. The van der Waals surface area contributed by atoms with Crippen LogP contribution in [-0.2, 0) is 6.54 Å². The molecule has 0 unspecified atom stereocenters. The number of thiazole rings is 1. The van der Waals surface area contributed by atoms with Crippen molar-refractivity contribution < 1.29 is 0 Å². The van der Waals surface area contributed by atoms with Crippen molar-refractivity contribution in [1.82, 2.24) is 15.2 Å². The molecule has 0 fully saturated rings. The molecule has 4 nitrogen and oxygen atoms in total. The Bertz CT molecular complexity index is 402. The number of hydrogen-bond acceptors (Lipinski definition) is 3. The van der Waals surface area contributed by atoms with Crippen LogP contribution in [0.15, 0.2) is 10.4 Å². The van der Waals surface area contributed by atoms with Crippen molar-refractivity contribution in [3.63, 3.8) is 0 Å². The Morgan fingerprint density at radius 3 is 2.55 bits per heavy atom. The number of aliphatic imine (C=N–C) groups is 1. The number of aryl methyl sites for hydroxylation is 1. The topological polar surface area (TPSA) is 40.5 Å². The number of rotatable bonds is 6. The number of nitrogens with zero attached hydrogens (tertiary/aromatic N) is 3. The minimum Gasteiger partial charge on any atom is -0.356 e. The lowest BCUT2D eigenvalue weighted by Gasteiger charge is -2.23. The van der Waals surface area contributed by atoms with Crippen LogP contribution >= 0.6 is 35.3 Å². The van der Waals surface area contributed by atoms with Crippen molar-refractivity contribution in [3.8, 4) is 0 Å². The van der Waals surface area contributed by atoms with Gasteiger partial charge < -0.3 is 10.2 Å². The van der Waals surface area contributed by atoms with Gasteiger partial charge in [0.05, 0.1) is 17.2 Å². The fraction of sp³-hybridized carbons (Fsp3) is 0.714. The van der Waals surface area contributed by atoms with E-state index < -0.39 is 0 Å². The van der Waals surface area contributed by atoms with E-state index in [2.05, 4.69) is 46.5 Å². The standard InChI is InChI=1S/C14H26N4S.HI/c1-6-12(7-2)8-16-14(15-4)18(5)9-13-10-19-11(3)17-13;/h10,12H,6-9H2,1-5H3,(H,15,16);1H. The van der Waals surface area contributed by atoms with E-state index in [1.165, 1.54) is 12.8 Å². The van der Waals surface area contributed by atoms with Gasteiger partial charge in [-0.2, -0.15) is 0 Å². The summed E-state index contributed by atoms with van der Waals surface area (Å²) < 4.78 is 0. The molecule has 116 valence electrons. The molecule has 0 saturated heterocycles. The molecule has 1 aromatic heterocycles. The Kier molecular flexibility index (Phi) is 10.2. The molecule has 0 aliphatic rings. The van der Waals surface area contributed by atoms with Crippen molar-refractivity contribution >= 4 is 41.3 Å². The lowest BCUT2D eigenvalue weighted by molar-refractivity contribution is 0.438. The van der Waals surface area contributed by atoms with Gasteiger partial charge in [0.2, 0.25) is 0 Å². The van der Waals surface area contributed by atoms with Crippen molar-refractivity contribution in [2.24, 2.45) is 10.9 Å². The summed E-state index contributed by atoms with van der Waals surface area (Å²) in [6.07, 6.45) is 2.41. The number of guanidine groups is 1. The lowest BCUT2D eigenvalue weighted by atomic mass is 10.0. The average Bonchev–Trinajstić information content (AvgIpc) is 2.80. The predicted molar refractivity (Wildman–Crippen MR) is 99.2 cm³/mol. The van der Waals surface area contributed by atoms with Gasteiger partial charge in [0, 0.05) is 26.0 Å². The third-order valence-electron chi connectivity index (χ3n) is 3.34. The first-order valence-corrected chi connectivity index (χ1v) is 7.81. The molecule has 0 radical (unpaired) electrons. The molecule has 0 bridgehead atoms. The summed E-state index contributed by atoms with van der Waals surface area (Å²) in [5.41, 5.74) is 1.11. The van der Waals surface area contributed by atoms with Gasteiger partial charge in [0.25, 0.3) is 0 Å². The molecule has 1 rings (SSSR count). The Morgan fingerprint density at radius 2 is 2.10 bits per heavy atom. The molecule has 0 amide bonds. The largest absolute Gasteiger partial charge is 0.356 e. The Labute approximate surface area is 144 Å². The normalized spacial score (nSPS) is 11.4. The van der Waals surface area contributed by atoms with Gasteiger partial charge in [0.1, 0.15) is 0 Å². The van der Waals surface area contributed by atoms with Crippen LogP contribution < -0.4 is 5.32 Å². The molecule has 1 aromatic rings. The van der Waals surface area contributed by atoms with Crippen LogP contribution in [0.4, 0.5) is 0 Å². The SMILES string of the molecule is CCC(CC)CNC(=NC)N(C)Cc1csc(C)n1.I. The van der Waals surface area contributed by atoms with Gasteiger partial charge in [-0.15, -0.1) is 35.3 Å². The summed E-state index contributed by atoms with van der Waals surface area (Å²) in [6.45, 7) is 8.29. The minimum absolute atomic E-state index is 0. The monoisotopic (exact) mass is 410 g/mol. The predicted octanol–water partition coefficient (Wildman–Crippen LogP) is 3.51. The Balaban J connectivity index is 0.00000361. The molecule has 0 aliphatic heterocycles. The summed E-state index contributed by atoms with van der Waals surface area (Å²) in [4.78, 5) is 10.9. The van der Waals surface area contributed by atoms with Crippen LogP contribution in [0.5, 0.6) is 0 Å². The lowest BCUT2D eigenvalue weighted by Crippen LogP contribution is -2.40. The molecule has 20 heavy (non-hydrogen) atoms. The Hall–Kier alpha value is -0.370. The average molecular weight is 410 g/mol. The van der Waals surface area contributed by atoms with Crippen LogP contribution in [0.3, 0.4) is 0 Å². The van der Waals surface area contributed by atoms with Gasteiger partial charge in [-0.05, 0) is 12.8 Å². The van der Waals surface area contributed by atoms with Crippen LogP contribution in [0.2, 0.25) is 0 Å². The molecule has 0 aromatic carbocycles. The number of nitrogens with one attached hydrogen (secondary N) is 1. The highest BCUT2D eigenvalue weighted by atomic mass is 127. The summed E-state index contributed by atoms with van der Waals surface area (Å²) in [5, 5.41) is 6.68. The smallest absolute Gasteiger partial charge is 0.193 e. The van der Waals surface area contributed by atoms with Crippen LogP contribution in [0.25, 0.3) is 0 Å². The van der Waals surface area contributed by atoms with Crippen molar-refractivity contribution in [1.29, 1.82) is 0 Å². The molecule has 6 heteroatoms. The van der Waals surface area contributed by atoms with Crippen LogP contribution in [0.1, 0.15) is 37.4 Å². The molecule has 0 aliphatic carbocycles. The molecule has 0 spiro atoms. The second-order valence-corrected chi connectivity index (χ2v) is 5.89. The fourth-order valence-electron chi connectivity index (χ4n) is 2.00. The zero-order chi connectivity index (χ0) is 14.3. The molecule has 0 atom stereocenters. The first-order valence-electron chi connectivity index (χ1n) is 6.93. The van der Waals surface area contributed by atoms with E-state index in [1.54, 1.807) is 11.3 Å².